The van der Waals surface area contributed by atoms with Gasteiger partial charge in [-0.25, -0.2) is 4.99 Å². The molecule has 0 fully saturated rings. The van der Waals surface area contributed by atoms with Gasteiger partial charge in [0.15, 0.2) is 5.54 Å². The minimum Gasteiger partial charge on any atom is -0.494 e. The van der Waals surface area contributed by atoms with Crippen LogP contribution in [0.2, 0.25) is 0 Å². The van der Waals surface area contributed by atoms with Crippen LogP contribution in [-0.2, 0) is 29.0 Å². The lowest BCUT2D eigenvalue weighted by molar-refractivity contribution is -0.128. The fourth-order valence-electron chi connectivity index (χ4n) is 5.20. The van der Waals surface area contributed by atoms with Crippen LogP contribution in [0.5, 0.6) is 5.75 Å². The zero-order valence-corrected chi connectivity index (χ0v) is 23.4. The molecular weight excluding hydrogens is 530 g/mol. The molecule has 0 aliphatic carbocycles. The maximum atomic E-state index is 14.2. The van der Waals surface area contributed by atoms with Crippen molar-refractivity contribution in [3.05, 3.63) is 124 Å². The monoisotopic (exact) mass is 563 g/mol. The smallest absolute Gasteiger partial charge is 0.252 e. The molecule has 42 heavy (non-hydrogen) atoms. The highest BCUT2D eigenvalue weighted by Gasteiger charge is 2.50. The number of ether oxygens (including phenoxy) is 2. The van der Waals surface area contributed by atoms with Crippen LogP contribution in [0, 0.1) is 0 Å². The van der Waals surface area contributed by atoms with E-state index in [2.05, 4.69) is 27.5 Å². The number of rotatable bonds is 12. The lowest BCUT2D eigenvalue weighted by Gasteiger charge is -2.29. The lowest BCUT2D eigenvalue weighted by atomic mass is 9.84. The molecule has 0 spiro atoms. The first kappa shape index (κ1) is 28.7. The van der Waals surface area contributed by atoms with E-state index in [0.717, 1.165) is 33.0 Å². The molecule has 0 saturated heterocycles. The molecule has 0 saturated carbocycles. The summed E-state index contributed by atoms with van der Waals surface area (Å²) in [4.78, 5) is 22.1. The molecule has 9 heteroatoms. The standard InChI is InChI=1S/C33H33N5O4/c1-23-33(20-26-9-2-3-10-27(26)22-36-38-34,32(40)35-21-28-12-6-11-24-8-4-5-13-30(24)28)37-31(42-23)25-14-16-29(17-15-25)41-19-7-18-39/h2-6,8-17,23,39H,7,18-22H2,1H3,(H,35,40)/t23-,33-/m1/s1. The molecule has 1 heterocycles. The summed E-state index contributed by atoms with van der Waals surface area (Å²) in [5, 5.41) is 18.1. The Hall–Kier alpha value is -4.85. The number of amides is 1. The molecule has 0 unspecified atom stereocenters. The van der Waals surface area contributed by atoms with E-state index in [1.54, 1.807) is 0 Å². The third-order valence-corrected chi connectivity index (χ3v) is 7.53. The minimum absolute atomic E-state index is 0.0667. The molecule has 1 aliphatic heterocycles. The van der Waals surface area contributed by atoms with Crippen LogP contribution in [0.4, 0.5) is 0 Å². The van der Waals surface area contributed by atoms with Crippen LogP contribution >= 0.6 is 0 Å². The molecule has 1 aliphatic rings. The molecule has 4 aromatic rings. The fourth-order valence-corrected chi connectivity index (χ4v) is 5.20. The first-order valence-electron chi connectivity index (χ1n) is 14.0. The van der Waals surface area contributed by atoms with Crippen LogP contribution < -0.4 is 10.1 Å². The summed E-state index contributed by atoms with van der Waals surface area (Å²) in [7, 11) is 0. The summed E-state index contributed by atoms with van der Waals surface area (Å²) in [6.45, 7) is 2.84. The minimum atomic E-state index is -1.26. The van der Waals surface area contributed by atoms with Gasteiger partial charge in [0.05, 0.1) is 13.2 Å². The Morgan fingerprint density at radius 3 is 2.52 bits per heavy atom. The van der Waals surface area contributed by atoms with Gasteiger partial charge in [-0.15, -0.1) is 0 Å². The van der Waals surface area contributed by atoms with E-state index in [9.17, 15) is 4.79 Å². The number of benzene rings is 4. The number of hydrogen-bond donors (Lipinski definition) is 2. The largest absolute Gasteiger partial charge is 0.494 e. The van der Waals surface area contributed by atoms with Gasteiger partial charge >= 0.3 is 0 Å². The van der Waals surface area contributed by atoms with E-state index in [4.69, 9.17) is 25.1 Å². The second-order valence-electron chi connectivity index (χ2n) is 10.2. The lowest BCUT2D eigenvalue weighted by Crippen LogP contribution is -2.52. The topological polar surface area (TPSA) is 129 Å². The van der Waals surface area contributed by atoms with Gasteiger partial charge in [-0.3, -0.25) is 4.79 Å². The van der Waals surface area contributed by atoms with Crippen molar-refractivity contribution >= 4 is 22.6 Å². The van der Waals surface area contributed by atoms with Crippen LogP contribution in [0.25, 0.3) is 21.2 Å². The first-order chi connectivity index (χ1) is 20.5. The Morgan fingerprint density at radius 2 is 1.74 bits per heavy atom. The second-order valence-corrected chi connectivity index (χ2v) is 10.2. The van der Waals surface area contributed by atoms with E-state index in [0.29, 0.717) is 31.2 Å². The maximum Gasteiger partial charge on any atom is 0.252 e. The zero-order valence-electron chi connectivity index (χ0n) is 23.4. The zero-order chi connectivity index (χ0) is 29.4. The molecule has 2 atom stereocenters. The SMILES string of the molecule is C[C@H]1OC(c2ccc(OCCCO)cc2)=N[C@@]1(Cc1ccccc1CN=[N+]=[N-])C(=O)NCc1cccc2ccccc12. The number of azide groups is 1. The quantitative estimate of drug-likeness (QED) is 0.0966. The summed E-state index contributed by atoms with van der Waals surface area (Å²) in [6, 6.07) is 29.1. The number of nitrogens with zero attached hydrogens (tertiary/aromatic N) is 4. The third-order valence-electron chi connectivity index (χ3n) is 7.53. The number of carbonyl (C=O) groups is 1. The van der Waals surface area contributed by atoms with E-state index in [1.807, 2.05) is 85.8 Å². The normalized spacial score (nSPS) is 17.7. The van der Waals surface area contributed by atoms with Crippen molar-refractivity contribution in [2.24, 2.45) is 10.1 Å². The van der Waals surface area contributed by atoms with E-state index in [1.165, 1.54) is 0 Å². The molecule has 0 aromatic heterocycles. The number of aliphatic hydroxyl groups excluding tert-OH is 1. The van der Waals surface area contributed by atoms with Gasteiger partial charge < -0.3 is 19.9 Å². The van der Waals surface area contributed by atoms with Crippen molar-refractivity contribution in [2.45, 2.75) is 44.5 Å². The average Bonchev–Trinajstić information content (AvgIpc) is 3.36. The van der Waals surface area contributed by atoms with Gasteiger partial charge in [-0.2, -0.15) is 0 Å². The highest BCUT2D eigenvalue weighted by Crippen LogP contribution is 2.34. The molecule has 214 valence electrons. The van der Waals surface area contributed by atoms with Crippen molar-refractivity contribution in [3.63, 3.8) is 0 Å². The van der Waals surface area contributed by atoms with Crippen LogP contribution in [0.15, 0.2) is 101 Å². The molecule has 9 nitrogen and oxygen atoms in total. The number of fused-ring (bicyclic) bond motifs is 1. The van der Waals surface area contributed by atoms with E-state index < -0.39 is 11.6 Å². The number of carbonyl (C=O) groups excluding carboxylic acids is 1. The third kappa shape index (κ3) is 6.22. The first-order valence-corrected chi connectivity index (χ1v) is 14.0. The van der Waals surface area contributed by atoms with Gasteiger partial charge in [-0.05, 0) is 64.2 Å². The van der Waals surface area contributed by atoms with Crippen LogP contribution in [-0.4, -0.2) is 41.8 Å². The van der Waals surface area contributed by atoms with Crippen molar-refractivity contribution in [2.75, 3.05) is 13.2 Å². The van der Waals surface area contributed by atoms with Gasteiger partial charge in [0.1, 0.15) is 11.9 Å². The van der Waals surface area contributed by atoms with Crippen molar-refractivity contribution < 1.29 is 19.4 Å². The number of nitrogens with one attached hydrogen (secondary N) is 1. The predicted molar refractivity (Wildman–Crippen MR) is 162 cm³/mol. The Balaban J connectivity index is 1.47. The second kappa shape index (κ2) is 13.2. The Labute approximate surface area is 244 Å². The number of hydrogen-bond acceptors (Lipinski definition) is 6. The molecule has 2 N–H and O–H groups in total. The van der Waals surface area contributed by atoms with Gasteiger partial charge in [0, 0.05) is 36.5 Å². The van der Waals surface area contributed by atoms with Crippen LogP contribution in [0.3, 0.4) is 0 Å². The Bertz CT molecular complexity index is 1630. The average molecular weight is 564 g/mol. The van der Waals surface area contributed by atoms with E-state index >= 15 is 0 Å². The molecule has 0 radical (unpaired) electrons. The summed E-state index contributed by atoms with van der Waals surface area (Å²) in [5.74, 6) is 0.794. The Kier molecular flexibility index (Phi) is 9.02. The van der Waals surface area contributed by atoms with E-state index in [-0.39, 0.29) is 25.5 Å². The summed E-state index contributed by atoms with van der Waals surface area (Å²) >= 11 is 0. The van der Waals surface area contributed by atoms with Crippen molar-refractivity contribution in [1.82, 2.24) is 5.32 Å². The van der Waals surface area contributed by atoms with Crippen molar-refractivity contribution in [3.8, 4) is 5.75 Å². The molecule has 4 aromatic carbocycles. The van der Waals surface area contributed by atoms with Crippen molar-refractivity contribution in [1.29, 1.82) is 0 Å². The number of aliphatic imine (C=N–C) groups is 1. The molecule has 5 rings (SSSR count). The van der Waals surface area contributed by atoms with Gasteiger partial charge in [0.2, 0.25) is 5.90 Å². The summed E-state index contributed by atoms with van der Waals surface area (Å²) in [5.41, 5.74) is 11.1. The van der Waals surface area contributed by atoms with Crippen LogP contribution in [0.1, 0.15) is 35.6 Å². The highest BCUT2D eigenvalue weighted by atomic mass is 16.5. The van der Waals surface area contributed by atoms with Gasteiger partial charge in [0.25, 0.3) is 5.91 Å². The summed E-state index contributed by atoms with van der Waals surface area (Å²) in [6.07, 6.45) is 0.235. The fraction of sp³-hybridized carbons (Fsp3) is 0.273. The molecular formula is C33H33N5O4. The molecule has 1 amide bonds. The number of aliphatic hydroxyl groups is 1. The summed E-state index contributed by atoms with van der Waals surface area (Å²) < 4.78 is 11.9. The van der Waals surface area contributed by atoms with Gasteiger partial charge in [-0.1, -0.05) is 71.8 Å². The predicted octanol–water partition coefficient (Wildman–Crippen LogP) is 5.87. The Morgan fingerprint density at radius 1 is 1.02 bits per heavy atom. The molecule has 0 bridgehead atoms. The highest BCUT2D eigenvalue weighted by molar-refractivity contribution is 6.01. The maximum absolute atomic E-state index is 14.2.